The van der Waals surface area contributed by atoms with E-state index in [0.717, 1.165) is 31.5 Å². The van der Waals surface area contributed by atoms with Gasteiger partial charge in [0.25, 0.3) is 5.91 Å². The minimum Gasteiger partial charge on any atom is -0.354 e. The number of nitrogens with one attached hydrogen (secondary N) is 3. The Balaban J connectivity index is 1.66. The summed E-state index contributed by atoms with van der Waals surface area (Å²) < 4.78 is 0. The van der Waals surface area contributed by atoms with E-state index in [-0.39, 0.29) is 17.7 Å². The molecule has 1 fully saturated rings. The van der Waals surface area contributed by atoms with Crippen molar-refractivity contribution in [2.24, 2.45) is 5.92 Å². The number of benzene rings is 1. The van der Waals surface area contributed by atoms with Crippen LogP contribution in [-0.2, 0) is 4.79 Å². The van der Waals surface area contributed by atoms with Crippen LogP contribution in [0.1, 0.15) is 28.8 Å². The van der Waals surface area contributed by atoms with E-state index in [4.69, 9.17) is 0 Å². The third-order valence-electron chi connectivity index (χ3n) is 3.69. The fourth-order valence-corrected chi connectivity index (χ4v) is 2.39. The maximum atomic E-state index is 11.9. The van der Waals surface area contributed by atoms with Crippen molar-refractivity contribution in [2.75, 3.05) is 26.2 Å². The molecular formula is C16H23N3O2. The van der Waals surface area contributed by atoms with E-state index in [9.17, 15) is 9.59 Å². The first-order valence-electron chi connectivity index (χ1n) is 7.50. The zero-order valence-electron chi connectivity index (χ0n) is 12.4. The largest absolute Gasteiger partial charge is 0.354 e. The fourth-order valence-electron chi connectivity index (χ4n) is 2.39. The van der Waals surface area contributed by atoms with Crippen LogP contribution < -0.4 is 16.0 Å². The molecule has 0 bridgehead atoms. The zero-order valence-corrected chi connectivity index (χ0v) is 12.4. The van der Waals surface area contributed by atoms with Gasteiger partial charge in [-0.3, -0.25) is 9.59 Å². The van der Waals surface area contributed by atoms with E-state index in [2.05, 4.69) is 16.0 Å². The number of carbonyl (C=O) groups excluding carboxylic acids is 2. The molecule has 1 aliphatic heterocycles. The van der Waals surface area contributed by atoms with Gasteiger partial charge in [0.1, 0.15) is 0 Å². The molecule has 1 saturated heterocycles. The lowest BCUT2D eigenvalue weighted by atomic mass is 9.99. The lowest BCUT2D eigenvalue weighted by Gasteiger charge is -2.21. The fraction of sp³-hybridized carbons (Fsp3) is 0.500. The number of hydrogen-bond donors (Lipinski definition) is 3. The monoisotopic (exact) mass is 289 g/mol. The van der Waals surface area contributed by atoms with Gasteiger partial charge in [-0.25, -0.2) is 0 Å². The maximum Gasteiger partial charge on any atom is 0.251 e. The minimum absolute atomic E-state index is 0.0616. The normalized spacial score (nSPS) is 18.0. The second kappa shape index (κ2) is 7.78. The molecule has 1 aliphatic rings. The zero-order chi connectivity index (χ0) is 15.1. The average molecular weight is 289 g/mol. The van der Waals surface area contributed by atoms with Crippen LogP contribution >= 0.6 is 0 Å². The van der Waals surface area contributed by atoms with Crippen LogP contribution in [0.4, 0.5) is 0 Å². The molecule has 5 heteroatoms. The number of rotatable bonds is 5. The van der Waals surface area contributed by atoms with E-state index < -0.39 is 0 Å². The van der Waals surface area contributed by atoms with Crippen LogP contribution in [0.25, 0.3) is 0 Å². The molecule has 0 saturated carbocycles. The average Bonchev–Trinajstić information content (AvgIpc) is 2.52. The highest BCUT2D eigenvalue weighted by molar-refractivity contribution is 5.94. The van der Waals surface area contributed by atoms with Gasteiger partial charge < -0.3 is 16.0 Å². The molecule has 0 spiro atoms. The first kappa shape index (κ1) is 15.5. The quantitative estimate of drug-likeness (QED) is 0.704. The van der Waals surface area contributed by atoms with Gasteiger partial charge in [0, 0.05) is 25.2 Å². The van der Waals surface area contributed by atoms with Crippen molar-refractivity contribution in [2.45, 2.75) is 19.8 Å². The molecule has 0 aromatic heterocycles. The molecule has 1 atom stereocenters. The highest BCUT2D eigenvalue weighted by atomic mass is 16.2. The molecule has 3 N–H and O–H groups in total. The Labute approximate surface area is 125 Å². The summed E-state index contributed by atoms with van der Waals surface area (Å²) in [6.45, 7) is 4.64. The molecular weight excluding hydrogens is 266 g/mol. The van der Waals surface area contributed by atoms with Gasteiger partial charge in [-0.15, -0.1) is 0 Å². The minimum atomic E-state index is -0.108. The Hall–Kier alpha value is -1.88. The number of piperidine rings is 1. The van der Waals surface area contributed by atoms with E-state index in [0.29, 0.717) is 18.7 Å². The molecule has 1 aromatic carbocycles. The van der Waals surface area contributed by atoms with Crippen molar-refractivity contribution in [1.82, 2.24) is 16.0 Å². The Morgan fingerprint density at radius 1 is 1.19 bits per heavy atom. The Morgan fingerprint density at radius 2 is 1.90 bits per heavy atom. The lowest BCUT2D eigenvalue weighted by Crippen LogP contribution is -2.42. The smallest absolute Gasteiger partial charge is 0.251 e. The predicted octanol–water partition coefficient (Wildman–Crippen LogP) is 0.841. The number of aryl methyl sites for hydroxylation is 1. The molecule has 2 amide bonds. The van der Waals surface area contributed by atoms with Gasteiger partial charge in [-0.2, -0.15) is 0 Å². The SMILES string of the molecule is Cc1ccc(C(=O)NCCNC(=O)[C@@H]2CCCNC2)cc1. The van der Waals surface area contributed by atoms with E-state index in [1.54, 1.807) is 12.1 Å². The van der Waals surface area contributed by atoms with Crippen molar-refractivity contribution in [3.05, 3.63) is 35.4 Å². The van der Waals surface area contributed by atoms with Crippen molar-refractivity contribution in [1.29, 1.82) is 0 Å². The van der Waals surface area contributed by atoms with E-state index in [1.165, 1.54) is 0 Å². The number of carbonyl (C=O) groups is 2. The van der Waals surface area contributed by atoms with Crippen LogP contribution in [0.15, 0.2) is 24.3 Å². The topological polar surface area (TPSA) is 70.2 Å². The first-order chi connectivity index (χ1) is 10.2. The molecule has 1 heterocycles. The Morgan fingerprint density at radius 3 is 2.57 bits per heavy atom. The third-order valence-corrected chi connectivity index (χ3v) is 3.69. The highest BCUT2D eigenvalue weighted by Gasteiger charge is 2.20. The Bertz CT molecular complexity index is 479. The predicted molar refractivity (Wildman–Crippen MR) is 82.1 cm³/mol. The Kier molecular flexibility index (Phi) is 5.75. The summed E-state index contributed by atoms with van der Waals surface area (Å²) in [5.41, 5.74) is 1.77. The molecule has 1 aromatic rings. The van der Waals surface area contributed by atoms with Crippen LogP contribution in [0.5, 0.6) is 0 Å². The third kappa shape index (κ3) is 4.86. The van der Waals surface area contributed by atoms with Crippen molar-refractivity contribution >= 4 is 11.8 Å². The maximum absolute atomic E-state index is 11.9. The molecule has 0 unspecified atom stereocenters. The first-order valence-corrected chi connectivity index (χ1v) is 7.50. The second-order valence-corrected chi connectivity index (χ2v) is 5.46. The molecule has 21 heavy (non-hydrogen) atoms. The number of amides is 2. The highest BCUT2D eigenvalue weighted by Crippen LogP contribution is 2.09. The molecule has 0 radical (unpaired) electrons. The second-order valence-electron chi connectivity index (χ2n) is 5.46. The number of hydrogen-bond acceptors (Lipinski definition) is 3. The molecule has 114 valence electrons. The van der Waals surface area contributed by atoms with Crippen molar-refractivity contribution in [3.8, 4) is 0 Å². The van der Waals surface area contributed by atoms with Crippen LogP contribution in [0, 0.1) is 12.8 Å². The summed E-state index contributed by atoms with van der Waals surface area (Å²) in [6.07, 6.45) is 1.98. The standard InChI is InChI=1S/C16H23N3O2/c1-12-4-6-13(7-5-12)15(20)18-9-10-19-16(21)14-3-2-8-17-11-14/h4-7,14,17H,2-3,8-11H2,1H3,(H,18,20)(H,19,21)/t14-/m1/s1. The molecule has 0 aliphatic carbocycles. The van der Waals surface area contributed by atoms with Gasteiger partial charge in [-0.05, 0) is 38.4 Å². The van der Waals surface area contributed by atoms with Crippen LogP contribution in [-0.4, -0.2) is 38.0 Å². The van der Waals surface area contributed by atoms with E-state index >= 15 is 0 Å². The lowest BCUT2D eigenvalue weighted by molar-refractivity contribution is -0.125. The summed E-state index contributed by atoms with van der Waals surface area (Å²) >= 11 is 0. The van der Waals surface area contributed by atoms with Crippen LogP contribution in [0.3, 0.4) is 0 Å². The van der Waals surface area contributed by atoms with Gasteiger partial charge in [0.05, 0.1) is 5.92 Å². The van der Waals surface area contributed by atoms with Gasteiger partial charge in [0.2, 0.25) is 5.91 Å². The molecule has 2 rings (SSSR count). The van der Waals surface area contributed by atoms with Gasteiger partial charge in [-0.1, -0.05) is 17.7 Å². The summed E-state index contributed by atoms with van der Waals surface area (Å²) in [7, 11) is 0. The van der Waals surface area contributed by atoms with Gasteiger partial charge >= 0.3 is 0 Å². The summed E-state index contributed by atoms with van der Waals surface area (Å²) in [5, 5.41) is 8.90. The summed E-state index contributed by atoms with van der Waals surface area (Å²) in [6, 6.07) is 7.42. The van der Waals surface area contributed by atoms with Crippen molar-refractivity contribution < 1.29 is 9.59 Å². The van der Waals surface area contributed by atoms with E-state index in [1.807, 2.05) is 19.1 Å². The van der Waals surface area contributed by atoms with Crippen molar-refractivity contribution in [3.63, 3.8) is 0 Å². The van der Waals surface area contributed by atoms with Crippen LogP contribution in [0.2, 0.25) is 0 Å². The van der Waals surface area contributed by atoms with Gasteiger partial charge in [0.15, 0.2) is 0 Å². The summed E-state index contributed by atoms with van der Waals surface area (Å²) in [4.78, 5) is 23.8. The molecule has 5 nitrogen and oxygen atoms in total. The summed E-state index contributed by atoms with van der Waals surface area (Å²) in [5.74, 6) is 0.0296.